The van der Waals surface area contributed by atoms with Gasteiger partial charge in [0.05, 0.1) is 0 Å². The van der Waals surface area contributed by atoms with Gasteiger partial charge in [-0.15, -0.1) is 6.58 Å². The van der Waals surface area contributed by atoms with Crippen molar-refractivity contribution in [2.75, 3.05) is 0 Å². The van der Waals surface area contributed by atoms with Crippen molar-refractivity contribution < 1.29 is 19.5 Å². The molecule has 4 saturated carbocycles. The second kappa shape index (κ2) is 6.02. The molecule has 0 aromatic carbocycles. The molecular formula is C21H34Zn. The summed E-state index contributed by atoms with van der Waals surface area (Å²) in [5.74, 6) is 4.99. The van der Waals surface area contributed by atoms with Crippen LogP contribution in [0.4, 0.5) is 0 Å². The fourth-order valence-electron chi connectivity index (χ4n) is 7.72. The van der Waals surface area contributed by atoms with E-state index in [-0.39, 0.29) is 19.5 Å². The molecule has 0 heterocycles. The maximum atomic E-state index is 4.16. The van der Waals surface area contributed by atoms with E-state index in [1.54, 1.807) is 12.8 Å². The second-order valence-corrected chi connectivity index (χ2v) is 9.37. The van der Waals surface area contributed by atoms with Gasteiger partial charge in [-0.2, -0.15) is 0 Å². The average Bonchev–Trinajstić information content (AvgIpc) is 2.83. The topological polar surface area (TPSA) is 0 Å². The van der Waals surface area contributed by atoms with Gasteiger partial charge in [0.1, 0.15) is 0 Å². The van der Waals surface area contributed by atoms with Crippen LogP contribution in [0.25, 0.3) is 0 Å². The standard InChI is InChI=1S/C21H34.Zn/c1-4-15-9-11-18-17-10-8-16-7-5-6-13-20(16,2)19(17)12-14-21(15,18)3;/h4,15-19H,1,5-14H2,2-3H3;/t15-,16?,17-,18-,19-,20-,21+;/m0./s1. The van der Waals surface area contributed by atoms with Gasteiger partial charge in [-0.3, -0.25) is 0 Å². The average molecular weight is 352 g/mol. The molecule has 7 atom stereocenters. The molecule has 1 unspecified atom stereocenters. The molecule has 0 radical (unpaired) electrons. The molecule has 22 heavy (non-hydrogen) atoms. The predicted molar refractivity (Wildman–Crippen MR) is 90.0 cm³/mol. The van der Waals surface area contributed by atoms with E-state index in [0.717, 1.165) is 29.6 Å². The Morgan fingerprint density at radius 1 is 0.818 bits per heavy atom. The van der Waals surface area contributed by atoms with Gasteiger partial charge in [-0.1, -0.05) is 32.8 Å². The van der Waals surface area contributed by atoms with E-state index in [0.29, 0.717) is 10.8 Å². The van der Waals surface area contributed by atoms with Crippen LogP contribution in [-0.4, -0.2) is 0 Å². The minimum Gasteiger partial charge on any atom is -0.103 e. The van der Waals surface area contributed by atoms with Gasteiger partial charge in [0, 0.05) is 19.5 Å². The smallest absolute Gasteiger partial charge is 0 e. The Morgan fingerprint density at radius 2 is 1.59 bits per heavy atom. The van der Waals surface area contributed by atoms with Gasteiger partial charge >= 0.3 is 0 Å². The summed E-state index contributed by atoms with van der Waals surface area (Å²) in [6.07, 6.45) is 17.4. The molecule has 0 bridgehead atoms. The molecule has 4 fully saturated rings. The molecule has 1 heteroatoms. The molecule has 4 rings (SSSR count). The normalized spacial score (nSPS) is 53.6. The van der Waals surface area contributed by atoms with E-state index in [2.05, 4.69) is 26.5 Å². The first-order chi connectivity index (χ1) is 10.1. The summed E-state index contributed by atoms with van der Waals surface area (Å²) in [4.78, 5) is 0. The summed E-state index contributed by atoms with van der Waals surface area (Å²) in [6, 6.07) is 0. The van der Waals surface area contributed by atoms with Gasteiger partial charge in [0.2, 0.25) is 0 Å². The first-order valence-corrected chi connectivity index (χ1v) is 9.72. The third-order valence-electron chi connectivity index (χ3n) is 8.94. The Kier molecular flexibility index (Phi) is 4.70. The molecule has 0 aromatic heterocycles. The van der Waals surface area contributed by atoms with Crippen molar-refractivity contribution in [3.63, 3.8) is 0 Å². The minimum absolute atomic E-state index is 0. The summed E-state index contributed by atoms with van der Waals surface area (Å²) < 4.78 is 0. The molecule has 0 spiro atoms. The third-order valence-corrected chi connectivity index (χ3v) is 8.94. The Labute approximate surface area is 150 Å². The number of allylic oxidation sites excluding steroid dienone is 1. The van der Waals surface area contributed by atoms with Crippen LogP contribution in [0.15, 0.2) is 12.7 Å². The van der Waals surface area contributed by atoms with Crippen molar-refractivity contribution in [2.24, 2.45) is 40.4 Å². The van der Waals surface area contributed by atoms with Gasteiger partial charge < -0.3 is 0 Å². The summed E-state index contributed by atoms with van der Waals surface area (Å²) in [5, 5.41) is 0. The zero-order valence-electron chi connectivity index (χ0n) is 14.9. The Balaban J connectivity index is 0.00000144. The van der Waals surface area contributed by atoms with Crippen molar-refractivity contribution in [1.82, 2.24) is 0 Å². The first kappa shape index (κ1) is 17.2. The van der Waals surface area contributed by atoms with Crippen LogP contribution in [0.2, 0.25) is 0 Å². The van der Waals surface area contributed by atoms with E-state index in [9.17, 15) is 0 Å². The largest absolute Gasteiger partial charge is 0.103 e. The van der Waals surface area contributed by atoms with Gasteiger partial charge in [0.15, 0.2) is 0 Å². The molecule has 0 N–H and O–H groups in total. The molecule has 0 nitrogen and oxygen atoms in total. The van der Waals surface area contributed by atoms with E-state index in [1.165, 1.54) is 51.4 Å². The van der Waals surface area contributed by atoms with Crippen LogP contribution < -0.4 is 0 Å². The maximum absolute atomic E-state index is 4.16. The summed E-state index contributed by atoms with van der Waals surface area (Å²) in [6.45, 7) is 9.47. The van der Waals surface area contributed by atoms with Gasteiger partial charge in [0.25, 0.3) is 0 Å². The number of fused-ring (bicyclic) bond motifs is 5. The Morgan fingerprint density at radius 3 is 2.36 bits per heavy atom. The quantitative estimate of drug-likeness (QED) is 0.388. The Hall–Kier alpha value is 0.363. The van der Waals surface area contributed by atoms with Crippen LogP contribution in [0.1, 0.15) is 78.1 Å². The van der Waals surface area contributed by atoms with Crippen molar-refractivity contribution in [2.45, 2.75) is 78.1 Å². The molecule has 4 aliphatic carbocycles. The molecule has 4 aliphatic rings. The molecule has 0 saturated heterocycles. The monoisotopic (exact) mass is 350 g/mol. The summed E-state index contributed by atoms with van der Waals surface area (Å²) in [5.41, 5.74) is 1.30. The number of hydrogen-bond donors (Lipinski definition) is 0. The van der Waals surface area contributed by atoms with Crippen molar-refractivity contribution >= 4 is 0 Å². The molecule has 0 aromatic rings. The summed E-state index contributed by atoms with van der Waals surface area (Å²) >= 11 is 0. The van der Waals surface area contributed by atoms with Gasteiger partial charge in [-0.25, -0.2) is 0 Å². The minimum atomic E-state index is 0. The zero-order valence-corrected chi connectivity index (χ0v) is 17.9. The number of rotatable bonds is 1. The molecule has 0 aliphatic heterocycles. The van der Waals surface area contributed by atoms with Crippen LogP contribution >= 0.6 is 0 Å². The maximum Gasteiger partial charge on any atom is 0 e. The van der Waals surface area contributed by atoms with Crippen LogP contribution in [0.5, 0.6) is 0 Å². The molecular weight excluding hydrogens is 318 g/mol. The second-order valence-electron chi connectivity index (χ2n) is 9.37. The first-order valence-electron chi connectivity index (χ1n) is 9.72. The van der Waals surface area contributed by atoms with Crippen LogP contribution in [-0.2, 0) is 19.5 Å². The Bertz CT molecular complexity index is 430. The third kappa shape index (κ3) is 2.24. The predicted octanol–water partition coefficient (Wildman–Crippen LogP) is 6.22. The van der Waals surface area contributed by atoms with Crippen molar-refractivity contribution in [3.8, 4) is 0 Å². The fraction of sp³-hybridized carbons (Fsp3) is 0.905. The van der Waals surface area contributed by atoms with E-state index >= 15 is 0 Å². The fourth-order valence-corrected chi connectivity index (χ4v) is 7.72. The van der Waals surface area contributed by atoms with E-state index in [4.69, 9.17) is 0 Å². The van der Waals surface area contributed by atoms with Crippen molar-refractivity contribution in [1.29, 1.82) is 0 Å². The van der Waals surface area contributed by atoms with Crippen LogP contribution in [0, 0.1) is 40.4 Å². The van der Waals surface area contributed by atoms with E-state index in [1.807, 2.05) is 0 Å². The SMILES string of the molecule is C=C[C@H]1CC[C@H]2[C@@H]3CCC4CCCC[C@]4(C)[C@H]3CC[C@]12C.[Zn]. The van der Waals surface area contributed by atoms with E-state index < -0.39 is 0 Å². The van der Waals surface area contributed by atoms with Crippen molar-refractivity contribution in [3.05, 3.63) is 12.7 Å². The summed E-state index contributed by atoms with van der Waals surface area (Å²) in [7, 11) is 0. The number of hydrogen-bond acceptors (Lipinski definition) is 0. The van der Waals surface area contributed by atoms with Crippen LogP contribution in [0.3, 0.4) is 0 Å². The zero-order chi connectivity index (χ0) is 14.7. The molecule has 120 valence electrons. The van der Waals surface area contributed by atoms with Gasteiger partial charge in [-0.05, 0) is 91.8 Å². The molecule has 0 amide bonds.